The molecule has 1 N–H and O–H groups in total. The van der Waals surface area contributed by atoms with Crippen molar-refractivity contribution in [1.29, 1.82) is 0 Å². The molecule has 0 bridgehead atoms. The monoisotopic (exact) mass is 340 g/mol. The highest BCUT2D eigenvalue weighted by Gasteiger charge is 2.30. The second-order valence-electron chi connectivity index (χ2n) is 6.54. The van der Waals surface area contributed by atoms with E-state index in [9.17, 15) is 9.59 Å². The van der Waals surface area contributed by atoms with Crippen LogP contribution in [0.5, 0.6) is 0 Å². The van der Waals surface area contributed by atoms with Crippen molar-refractivity contribution < 1.29 is 14.0 Å². The number of amides is 2. The van der Waals surface area contributed by atoms with Gasteiger partial charge < -0.3 is 14.6 Å². The van der Waals surface area contributed by atoms with Gasteiger partial charge in [0.05, 0.1) is 6.26 Å². The summed E-state index contributed by atoms with van der Waals surface area (Å²) in [5.41, 5.74) is 1.24. The molecular formula is C20H24N2O3. The van der Waals surface area contributed by atoms with Crippen LogP contribution >= 0.6 is 0 Å². The molecule has 2 atom stereocenters. The van der Waals surface area contributed by atoms with Crippen LogP contribution in [0.4, 0.5) is 0 Å². The van der Waals surface area contributed by atoms with Gasteiger partial charge in [-0.3, -0.25) is 9.59 Å². The van der Waals surface area contributed by atoms with Gasteiger partial charge in [0.15, 0.2) is 5.76 Å². The average molecular weight is 340 g/mol. The Morgan fingerprint density at radius 1 is 1.20 bits per heavy atom. The highest BCUT2D eigenvalue weighted by atomic mass is 16.3. The number of benzene rings is 1. The molecule has 0 spiro atoms. The van der Waals surface area contributed by atoms with E-state index in [4.69, 9.17) is 4.42 Å². The molecule has 1 aliphatic rings. The molecule has 0 aliphatic carbocycles. The molecule has 2 aromatic rings. The number of carbonyl (C=O) groups is 2. The summed E-state index contributed by atoms with van der Waals surface area (Å²) in [6, 6.07) is 13.1. The molecule has 5 heteroatoms. The zero-order chi connectivity index (χ0) is 17.6. The Morgan fingerprint density at radius 2 is 2.00 bits per heavy atom. The maximum Gasteiger partial charge on any atom is 0.287 e. The van der Waals surface area contributed by atoms with Gasteiger partial charge in [0, 0.05) is 12.6 Å². The summed E-state index contributed by atoms with van der Waals surface area (Å²) in [5, 5.41) is 2.74. The van der Waals surface area contributed by atoms with Crippen LogP contribution in [0.15, 0.2) is 53.1 Å². The van der Waals surface area contributed by atoms with Crippen molar-refractivity contribution in [3.8, 4) is 0 Å². The maximum absolute atomic E-state index is 12.9. The largest absolute Gasteiger partial charge is 0.459 e. The zero-order valence-electron chi connectivity index (χ0n) is 14.5. The number of rotatable bonds is 5. The van der Waals surface area contributed by atoms with Crippen LogP contribution in [0.3, 0.4) is 0 Å². The summed E-state index contributed by atoms with van der Waals surface area (Å²) < 4.78 is 5.08. The predicted octanol–water partition coefficient (Wildman–Crippen LogP) is 3.02. The van der Waals surface area contributed by atoms with Crippen LogP contribution in [-0.2, 0) is 11.2 Å². The molecule has 132 valence electrons. The zero-order valence-corrected chi connectivity index (χ0v) is 14.5. The summed E-state index contributed by atoms with van der Waals surface area (Å²) >= 11 is 0. The van der Waals surface area contributed by atoms with E-state index in [2.05, 4.69) is 17.4 Å². The minimum Gasteiger partial charge on any atom is -0.459 e. The maximum atomic E-state index is 12.9. The van der Waals surface area contributed by atoms with E-state index in [1.54, 1.807) is 19.1 Å². The molecule has 5 nitrogen and oxygen atoms in total. The van der Waals surface area contributed by atoms with E-state index >= 15 is 0 Å². The number of carbonyl (C=O) groups excluding carboxylic acids is 2. The highest BCUT2D eigenvalue weighted by molar-refractivity contribution is 5.95. The lowest BCUT2D eigenvalue weighted by molar-refractivity contribution is -0.136. The summed E-state index contributed by atoms with van der Waals surface area (Å²) in [6.45, 7) is 2.48. The Kier molecular flexibility index (Phi) is 5.53. The standard InChI is InChI=1S/C20H24N2O3/c1-15(21-19(23)18-11-7-13-25-18)20(24)22-12-6-5-10-17(22)14-16-8-3-2-4-9-16/h2-4,7-9,11,13,15,17H,5-6,10,12,14H2,1H3,(H,21,23)/t15-,17+/m1/s1. The number of piperidine rings is 1. The molecule has 1 aromatic carbocycles. The Morgan fingerprint density at radius 3 is 2.72 bits per heavy atom. The van der Waals surface area contributed by atoms with Crippen LogP contribution < -0.4 is 5.32 Å². The summed E-state index contributed by atoms with van der Waals surface area (Å²) in [5.74, 6) is -0.165. The van der Waals surface area contributed by atoms with Crippen molar-refractivity contribution in [3.63, 3.8) is 0 Å². The molecule has 2 heterocycles. The van der Waals surface area contributed by atoms with E-state index in [0.29, 0.717) is 0 Å². The van der Waals surface area contributed by atoms with Crippen molar-refractivity contribution in [3.05, 3.63) is 60.1 Å². The number of nitrogens with zero attached hydrogens (tertiary/aromatic N) is 1. The first-order valence-corrected chi connectivity index (χ1v) is 8.84. The summed E-state index contributed by atoms with van der Waals surface area (Å²) in [7, 11) is 0. The molecular weight excluding hydrogens is 316 g/mol. The molecule has 25 heavy (non-hydrogen) atoms. The van der Waals surface area contributed by atoms with Crippen molar-refractivity contribution in [2.45, 2.75) is 44.7 Å². The van der Waals surface area contributed by atoms with E-state index in [0.717, 1.165) is 32.2 Å². The Labute approximate surface area is 148 Å². The third kappa shape index (κ3) is 4.29. The smallest absolute Gasteiger partial charge is 0.287 e. The number of likely N-dealkylation sites (tertiary alicyclic amines) is 1. The van der Waals surface area contributed by atoms with E-state index in [1.165, 1.54) is 11.8 Å². The third-order valence-corrected chi connectivity index (χ3v) is 4.69. The lowest BCUT2D eigenvalue weighted by atomic mass is 9.95. The van der Waals surface area contributed by atoms with Gasteiger partial charge >= 0.3 is 0 Å². The van der Waals surface area contributed by atoms with Gasteiger partial charge in [-0.15, -0.1) is 0 Å². The molecule has 0 radical (unpaired) electrons. The fraction of sp³-hybridized carbons (Fsp3) is 0.400. The van der Waals surface area contributed by atoms with Gasteiger partial charge in [-0.1, -0.05) is 30.3 Å². The fourth-order valence-corrected chi connectivity index (χ4v) is 3.38. The van der Waals surface area contributed by atoms with Gasteiger partial charge in [0.1, 0.15) is 6.04 Å². The Bertz CT molecular complexity index is 697. The van der Waals surface area contributed by atoms with Crippen molar-refractivity contribution in [2.24, 2.45) is 0 Å². The SMILES string of the molecule is C[C@@H](NC(=O)c1ccco1)C(=O)N1CCCC[C@H]1Cc1ccccc1. The van der Waals surface area contributed by atoms with Gasteiger partial charge in [0.25, 0.3) is 5.91 Å². The summed E-state index contributed by atoms with van der Waals surface area (Å²) in [4.78, 5) is 26.9. The number of nitrogens with one attached hydrogen (secondary N) is 1. The van der Waals surface area contributed by atoms with Crippen molar-refractivity contribution >= 4 is 11.8 Å². The molecule has 1 saturated heterocycles. The average Bonchev–Trinajstić information content (AvgIpc) is 3.17. The first kappa shape index (κ1) is 17.3. The normalized spacial score (nSPS) is 18.6. The number of hydrogen-bond acceptors (Lipinski definition) is 3. The quantitative estimate of drug-likeness (QED) is 0.910. The highest BCUT2D eigenvalue weighted by Crippen LogP contribution is 2.21. The third-order valence-electron chi connectivity index (χ3n) is 4.69. The van der Waals surface area contributed by atoms with E-state index in [-0.39, 0.29) is 23.6 Å². The van der Waals surface area contributed by atoms with Gasteiger partial charge in [0.2, 0.25) is 5.91 Å². The molecule has 0 unspecified atom stereocenters. The molecule has 0 saturated carbocycles. The van der Waals surface area contributed by atoms with Gasteiger partial charge in [-0.25, -0.2) is 0 Å². The second-order valence-corrected chi connectivity index (χ2v) is 6.54. The van der Waals surface area contributed by atoms with Gasteiger partial charge in [-0.05, 0) is 50.3 Å². The molecule has 3 rings (SSSR count). The molecule has 1 aromatic heterocycles. The topological polar surface area (TPSA) is 62.6 Å². The fourth-order valence-electron chi connectivity index (χ4n) is 3.38. The number of hydrogen-bond donors (Lipinski definition) is 1. The predicted molar refractivity (Wildman–Crippen MR) is 95.1 cm³/mol. The van der Waals surface area contributed by atoms with Crippen LogP contribution in [0.2, 0.25) is 0 Å². The molecule has 2 amide bonds. The van der Waals surface area contributed by atoms with Crippen LogP contribution in [0.1, 0.15) is 42.3 Å². The first-order valence-electron chi connectivity index (χ1n) is 8.84. The minimum absolute atomic E-state index is 0.0273. The Hall–Kier alpha value is -2.56. The van der Waals surface area contributed by atoms with Crippen molar-refractivity contribution in [2.75, 3.05) is 6.54 Å². The van der Waals surface area contributed by atoms with Crippen LogP contribution in [0, 0.1) is 0 Å². The molecule has 1 fully saturated rings. The second kappa shape index (κ2) is 8.01. The minimum atomic E-state index is -0.575. The van der Waals surface area contributed by atoms with E-state index in [1.807, 2.05) is 23.1 Å². The lowest BCUT2D eigenvalue weighted by Gasteiger charge is -2.37. The molecule has 1 aliphatic heterocycles. The summed E-state index contributed by atoms with van der Waals surface area (Å²) in [6.07, 6.45) is 5.44. The van der Waals surface area contributed by atoms with Crippen LogP contribution in [-0.4, -0.2) is 35.3 Å². The van der Waals surface area contributed by atoms with Crippen molar-refractivity contribution in [1.82, 2.24) is 10.2 Å². The Balaban J connectivity index is 1.64. The van der Waals surface area contributed by atoms with E-state index < -0.39 is 6.04 Å². The van der Waals surface area contributed by atoms with Gasteiger partial charge in [-0.2, -0.15) is 0 Å². The number of furan rings is 1. The van der Waals surface area contributed by atoms with Crippen LogP contribution in [0.25, 0.3) is 0 Å². The lowest BCUT2D eigenvalue weighted by Crippen LogP contribution is -2.52. The first-order chi connectivity index (χ1) is 12.1.